The Bertz CT molecular complexity index is 1310. The van der Waals surface area contributed by atoms with E-state index in [1.54, 1.807) is 36.3 Å². The molecule has 0 atom stereocenters. The topological polar surface area (TPSA) is 75.3 Å². The molecule has 0 spiro atoms. The van der Waals surface area contributed by atoms with Crippen LogP contribution in [0.3, 0.4) is 0 Å². The average molecular weight is 425 g/mol. The number of carbonyl (C=O) groups is 1. The fourth-order valence-corrected chi connectivity index (χ4v) is 3.48. The van der Waals surface area contributed by atoms with E-state index in [0.717, 1.165) is 11.1 Å². The SMILES string of the molecule is COc1ccccc1C=CC(=O)N(Cc1ccccc1)Cc1nc2ccccc2c(=O)[nH]1. The monoisotopic (exact) mass is 425 g/mol. The molecule has 0 aliphatic rings. The zero-order valence-corrected chi connectivity index (χ0v) is 17.7. The summed E-state index contributed by atoms with van der Waals surface area (Å²) >= 11 is 0. The number of rotatable bonds is 7. The summed E-state index contributed by atoms with van der Waals surface area (Å²) < 4.78 is 5.36. The molecule has 32 heavy (non-hydrogen) atoms. The summed E-state index contributed by atoms with van der Waals surface area (Å²) in [6.07, 6.45) is 3.25. The number of benzene rings is 3. The van der Waals surface area contributed by atoms with Crippen LogP contribution in [-0.4, -0.2) is 27.9 Å². The zero-order valence-electron chi connectivity index (χ0n) is 17.7. The van der Waals surface area contributed by atoms with Crippen molar-refractivity contribution < 1.29 is 9.53 Å². The molecule has 1 heterocycles. The number of para-hydroxylation sites is 2. The van der Waals surface area contributed by atoms with Gasteiger partial charge in [-0.15, -0.1) is 0 Å². The first-order chi connectivity index (χ1) is 15.6. The lowest BCUT2D eigenvalue weighted by molar-refractivity contribution is -0.127. The number of H-pyrrole nitrogens is 1. The van der Waals surface area contributed by atoms with Crippen molar-refractivity contribution >= 4 is 22.9 Å². The van der Waals surface area contributed by atoms with E-state index in [0.29, 0.717) is 29.0 Å². The Hall–Kier alpha value is -4.19. The van der Waals surface area contributed by atoms with Gasteiger partial charge in [0.25, 0.3) is 5.56 Å². The highest BCUT2D eigenvalue weighted by Gasteiger charge is 2.15. The molecule has 1 N–H and O–H groups in total. The van der Waals surface area contributed by atoms with Gasteiger partial charge in [0.2, 0.25) is 5.91 Å². The number of aromatic nitrogens is 2. The number of aromatic amines is 1. The third-order valence-electron chi connectivity index (χ3n) is 5.07. The Balaban J connectivity index is 1.63. The molecular formula is C26H23N3O3. The normalized spacial score (nSPS) is 11.0. The van der Waals surface area contributed by atoms with Gasteiger partial charge in [-0.3, -0.25) is 9.59 Å². The number of nitrogens with one attached hydrogen (secondary N) is 1. The maximum Gasteiger partial charge on any atom is 0.258 e. The quantitative estimate of drug-likeness (QED) is 0.451. The molecule has 6 nitrogen and oxygen atoms in total. The second-order valence-electron chi connectivity index (χ2n) is 7.28. The molecule has 0 aliphatic heterocycles. The van der Waals surface area contributed by atoms with Gasteiger partial charge in [0, 0.05) is 18.2 Å². The van der Waals surface area contributed by atoms with E-state index in [1.165, 1.54) is 6.08 Å². The van der Waals surface area contributed by atoms with Crippen LogP contribution in [0.15, 0.2) is 89.7 Å². The minimum atomic E-state index is -0.220. The first-order valence-electron chi connectivity index (χ1n) is 10.3. The van der Waals surface area contributed by atoms with E-state index < -0.39 is 0 Å². The minimum absolute atomic E-state index is 0.171. The fraction of sp³-hybridized carbons (Fsp3) is 0.115. The number of nitrogens with zero attached hydrogens (tertiary/aromatic N) is 2. The van der Waals surface area contributed by atoms with Gasteiger partial charge in [0.15, 0.2) is 0 Å². The molecule has 1 aromatic heterocycles. The maximum absolute atomic E-state index is 13.2. The molecule has 160 valence electrons. The lowest BCUT2D eigenvalue weighted by atomic mass is 10.1. The molecule has 4 rings (SSSR count). The number of hydrogen-bond acceptors (Lipinski definition) is 4. The summed E-state index contributed by atoms with van der Waals surface area (Å²) in [5.74, 6) is 0.922. The molecular weight excluding hydrogens is 402 g/mol. The summed E-state index contributed by atoms with van der Waals surface area (Å²) in [5, 5.41) is 0.522. The van der Waals surface area contributed by atoms with Crippen LogP contribution in [0.25, 0.3) is 17.0 Å². The van der Waals surface area contributed by atoms with Crippen LogP contribution in [0.2, 0.25) is 0 Å². The molecule has 1 amide bonds. The standard InChI is InChI=1S/C26H23N3O3/c1-32-23-14-8-5-11-20(23)15-16-25(30)29(17-19-9-3-2-4-10-19)18-24-27-22-13-7-6-12-21(22)26(31)28-24/h2-16H,17-18H2,1H3,(H,27,28,31). The molecule has 0 aliphatic carbocycles. The minimum Gasteiger partial charge on any atom is -0.496 e. The molecule has 0 saturated heterocycles. The van der Waals surface area contributed by atoms with E-state index in [-0.39, 0.29) is 18.0 Å². The van der Waals surface area contributed by atoms with E-state index in [9.17, 15) is 9.59 Å². The van der Waals surface area contributed by atoms with Crippen LogP contribution >= 0.6 is 0 Å². The third kappa shape index (κ3) is 4.92. The second-order valence-corrected chi connectivity index (χ2v) is 7.28. The van der Waals surface area contributed by atoms with Gasteiger partial charge in [0.05, 0.1) is 24.6 Å². The molecule has 4 aromatic rings. The average Bonchev–Trinajstić information content (AvgIpc) is 2.83. The first-order valence-corrected chi connectivity index (χ1v) is 10.3. The van der Waals surface area contributed by atoms with Crippen molar-refractivity contribution in [1.29, 1.82) is 0 Å². The number of hydrogen-bond donors (Lipinski definition) is 1. The largest absolute Gasteiger partial charge is 0.496 e. The van der Waals surface area contributed by atoms with Gasteiger partial charge >= 0.3 is 0 Å². The summed E-state index contributed by atoms with van der Waals surface area (Å²) in [4.78, 5) is 34.6. The highest BCUT2D eigenvalue weighted by molar-refractivity contribution is 5.92. The predicted molar refractivity (Wildman–Crippen MR) is 125 cm³/mol. The van der Waals surface area contributed by atoms with E-state index in [4.69, 9.17) is 4.74 Å². The van der Waals surface area contributed by atoms with Gasteiger partial charge in [-0.2, -0.15) is 0 Å². The number of ether oxygens (including phenoxy) is 1. The molecule has 6 heteroatoms. The number of methoxy groups -OCH3 is 1. The van der Waals surface area contributed by atoms with Gasteiger partial charge in [-0.05, 0) is 29.8 Å². The lowest BCUT2D eigenvalue weighted by Crippen LogP contribution is -2.30. The van der Waals surface area contributed by atoms with Crippen molar-refractivity contribution in [2.45, 2.75) is 13.1 Å². The number of amides is 1. The number of fused-ring (bicyclic) bond motifs is 1. The second kappa shape index (κ2) is 9.75. The van der Waals surface area contributed by atoms with Crippen molar-refractivity contribution in [3.05, 3.63) is 112 Å². The van der Waals surface area contributed by atoms with E-state index >= 15 is 0 Å². The fourth-order valence-electron chi connectivity index (χ4n) is 3.48. The molecule has 0 unspecified atom stereocenters. The lowest BCUT2D eigenvalue weighted by Gasteiger charge is -2.21. The van der Waals surface area contributed by atoms with Crippen molar-refractivity contribution in [2.75, 3.05) is 7.11 Å². The maximum atomic E-state index is 13.2. The Morgan fingerprint density at radius 2 is 1.69 bits per heavy atom. The first kappa shape index (κ1) is 21.1. The van der Waals surface area contributed by atoms with Crippen molar-refractivity contribution in [3.63, 3.8) is 0 Å². The molecule has 0 radical (unpaired) electrons. The Kier molecular flexibility index (Phi) is 6.41. The Morgan fingerprint density at radius 3 is 2.50 bits per heavy atom. The predicted octanol–water partition coefficient (Wildman–Crippen LogP) is 4.17. The van der Waals surface area contributed by atoms with Gasteiger partial charge < -0.3 is 14.6 Å². The molecule has 0 saturated carbocycles. The summed E-state index contributed by atoms with van der Waals surface area (Å²) in [6, 6.07) is 24.3. The van der Waals surface area contributed by atoms with Gasteiger partial charge in [-0.1, -0.05) is 60.7 Å². The Labute approximate surface area is 185 Å². The third-order valence-corrected chi connectivity index (χ3v) is 5.07. The zero-order chi connectivity index (χ0) is 22.3. The molecule has 3 aromatic carbocycles. The highest BCUT2D eigenvalue weighted by atomic mass is 16.5. The van der Waals surface area contributed by atoms with E-state index in [1.807, 2.05) is 60.7 Å². The summed E-state index contributed by atoms with van der Waals surface area (Å²) in [7, 11) is 1.60. The smallest absolute Gasteiger partial charge is 0.258 e. The molecule has 0 fully saturated rings. The summed E-state index contributed by atoms with van der Waals surface area (Å²) in [5.41, 5.74) is 2.17. The molecule has 0 bridgehead atoms. The number of carbonyl (C=O) groups excluding carboxylic acids is 1. The van der Waals surface area contributed by atoms with Crippen LogP contribution in [-0.2, 0) is 17.9 Å². The van der Waals surface area contributed by atoms with E-state index in [2.05, 4.69) is 9.97 Å². The van der Waals surface area contributed by atoms with Crippen molar-refractivity contribution in [2.24, 2.45) is 0 Å². The highest BCUT2D eigenvalue weighted by Crippen LogP contribution is 2.19. The van der Waals surface area contributed by atoms with Crippen LogP contribution in [0, 0.1) is 0 Å². The summed E-state index contributed by atoms with van der Waals surface area (Å²) in [6.45, 7) is 0.552. The Morgan fingerprint density at radius 1 is 0.969 bits per heavy atom. The van der Waals surface area contributed by atoms with Crippen LogP contribution in [0.1, 0.15) is 17.0 Å². The van der Waals surface area contributed by atoms with Gasteiger partial charge in [0.1, 0.15) is 11.6 Å². The van der Waals surface area contributed by atoms with Gasteiger partial charge in [-0.25, -0.2) is 4.98 Å². The van der Waals surface area contributed by atoms with Crippen LogP contribution < -0.4 is 10.3 Å². The van der Waals surface area contributed by atoms with Crippen LogP contribution in [0.5, 0.6) is 5.75 Å². The van der Waals surface area contributed by atoms with Crippen molar-refractivity contribution in [3.8, 4) is 5.75 Å². The van der Waals surface area contributed by atoms with Crippen LogP contribution in [0.4, 0.5) is 0 Å². The van der Waals surface area contributed by atoms with Crippen molar-refractivity contribution in [1.82, 2.24) is 14.9 Å².